The Morgan fingerprint density at radius 2 is 1.24 bits per heavy atom. The summed E-state index contributed by atoms with van der Waals surface area (Å²) >= 11 is 0. The van der Waals surface area contributed by atoms with Crippen LogP contribution in [-0.2, 0) is 4.43 Å². The first-order valence-corrected chi connectivity index (χ1v) is 9.21. The fourth-order valence-corrected chi connectivity index (χ4v) is 9.01. The minimum absolute atomic E-state index is 0.00127. The predicted octanol–water partition coefficient (Wildman–Crippen LogP) is 4.09. The Kier molecular flexibility index (Phi) is 4.49. The molecular weight excluding hydrogens is 228 g/mol. The van der Waals surface area contributed by atoms with Crippen LogP contribution >= 0.6 is 0 Å². The lowest BCUT2D eigenvalue weighted by atomic mass is 10.2. The third kappa shape index (κ3) is 2.77. The molecule has 0 saturated heterocycles. The van der Waals surface area contributed by atoms with Crippen molar-refractivity contribution in [1.29, 1.82) is 0 Å². The highest BCUT2D eigenvalue weighted by atomic mass is 28.4. The molecule has 0 heterocycles. The molecular formula is C14H30O2Si. The van der Waals surface area contributed by atoms with Crippen LogP contribution < -0.4 is 0 Å². The molecule has 1 saturated carbocycles. The third-order valence-corrected chi connectivity index (χ3v) is 10.8. The van der Waals surface area contributed by atoms with Gasteiger partial charge >= 0.3 is 0 Å². The van der Waals surface area contributed by atoms with E-state index in [0.717, 1.165) is 12.8 Å². The van der Waals surface area contributed by atoms with Gasteiger partial charge in [-0.3, -0.25) is 0 Å². The molecule has 0 aliphatic heterocycles. The van der Waals surface area contributed by atoms with E-state index in [1.807, 2.05) is 0 Å². The Bertz CT molecular complexity index is 235. The van der Waals surface area contributed by atoms with Gasteiger partial charge < -0.3 is 9.53 Å². The maximum Gasteiger partial charge on any atom is 0.200 e. The summed E-state index contributed by atoms with van der Waals surface area (Å²) in [4.78, 5) is 0. The second-order valence-electron chi connectivity index (χ2n) is 6.68. The van der Waals surface area contributed by atoms with Crippen molar-refractivity contribution in [3.63, 3.8) is 0 Å². The average Bonchev–Trinajstić information content (AvgIpc) is 2.91. The van der Waals surface area contributed by atoms with E-state index in [1.54, 1.807) is 0 Å². The lowest BCUT2D eigenvalue weighted by molar-refractivity contribution is 0.0164. The van der Waals surface area contributed by atoms with Crippen LogP contribution in [0.3, 0.4) is 0 Å². The summed E-state index contributed by atoms with van der Waals surface area (Å²) in [6, 6.07) is 0. The highest BCUT2D eigenvalue weighted by molar-refractivity contribution is 6.77. The van der Waals surface area contributed by atoms with Crippen LogP contribution in [0.5, 0.6) is 0 Å². The van der Waals surface area contributed by atoms with Gasteiger partial charge in [0.25, 0.3) is 0 Å². The summed E-state index contributed by atoms with van der Waals surface area (Å²) in [5, 5.41) is 10.2. The normalized spacial score (nSPS) is 21.4. The van der Waals surface area contributed by atoms with Gasteiger partial charge in [0.05, 0.1) is 11.7 Å². The van der Waals surface area contributed by atoms with Crippen LogP contribution in [0.25, 0.3) is 0 Å². The van der Waals surface area contributed by atoms with Crippen molar-refractivity contribution in [2.45, 2.75) is 89.6 Å². The van der Waals surface area contributed by atoms with Crippen molar-refractivity contribution in [2.75, 3.05) is 0 Å². The van der Waals surface area contributed by atoms with Gasteiger partial charge in [0.1, 0.15) is 0 Å². The standard InChI is InChI=1S/C14H30O2Si/c1-10(2)17(11(3)4,12(5)6)16-13(7)14(15)8-9-14/h10-13,15H,8-9H2,1-7H3/t13-/m0/s1. The number of hydrogen-bond donors (Lipinski definition) is 1. The summed E-state index contributed by atoms with van der Waals surface area (Å²) in [7, 11) is -1.82. The molecule has 0 radical (unpaired) electrons. The van der Waals surface area contributed by atoms with Crippen LogP contribution in [0.15, 0.2) is 0 Å². The van der Waals surface area contributed by atoms with Crippen molar-refractivity contribution < 1.29 is 9.53 Å². The maximum absolute atomic E-state index is 10.2. The molecule has 1 N–H and O–H groups in total. The summed E-state index contributed by atoms with van der Waals surface area (Å²) in [5.41, 5.74) is 1.25. The molecule has 0 aromatic heterocycles. The van der Waals surface area contributed by atoms with Gasteiger partial charge in [0.2, 0.25) is 8.32 Å². The Morgan fingerprint density at radius 1 is 0.882 bits per heavy atom. The van der Waals surface area contributed by atoms with Crippen LogP contribution in [-0.4, -0.2) is 25.1 Å². The zero-order valence-corrected chi connectivity index (χ0v) is 13.6. The van der Waals surface area contributed by atoms with E-state index in [9.17, 15) is 5.11 Å². The highest BCUT2D eigenvalue weighted by Gasteiger charge is 2.52. The molecule has 0 aromatic rings. The molecule has 1 rings (SSSR count). The molecule has 3 heteroatoms. The largest absolute Gasteiger partial charge is 0.410 e. The molecule has 0 amide bonds. The van der Waals surface area contributed by atoms with Crippen molar-refractivity contribution in [3.8, 4) is 0 Å². The minimum Gasteiger partial charge on any atom is -0.410 e. The predicted molar refractivity (Wildman–Crippen MR) is 75.8 cm³/mol. The topological polar surface area (TPSA) is 29.5 Å². The van der Waals surface area contributed by atoms with E-state index in [-0.39, 0.29) is 6.10 Å². The van der Waals surface area contributed by atoms with Crippen molar-refractivity contribution in [1.82, 2.24) is 0 Å². The summed E-state index contributed by atoms with van der Waals surface area (Å²) < 4.78 is 6.54. The summed E-state index contributed by atoms with van der Waals surface area (Å²) in [5.74, 6) is 0. The molecule has 102 valence electrons. The fraction of sp³-hybridized carbons (Fsp3) is 1.00. The van der Waals surface area contributed by atoms with Gasteiger partial charge in [0, 0.05) is 0 Å². The Morgan fingerprint density at radius 3 is 1.47 bits per heavy atom. The van der Waals surface area contributed by atoms with Crippen molar-refractivity contribution in [3.05, 3.63) is 0 Å². The first-order chi connectivity index (χ1) is 7.67. The van der Waals surface area contributed by atoms with Gasteiger partial charge in [-0.05, 0) is 36.4 Å². The lowest BCUT2D eigenvalue weighted by Gasteiger charge is -2.45. The van der Waals surface area contributed by atoms with Crippen molar-refractivity contribution >= 4 is 8.32 Å². The molecule has 0 unspecified atom stereocenters. The molecule has 1 atom stereocenters. The zero-order valence-electron chi connectivity index (χ0n) is 12.6. The monoisotopic (exact) mass is 258 g/mol. The first kappa shape index (κ1) is 15.2. The van der Waals surface area contributed by atoms with E-state index in [0.29, 0.717) is 16.6 Å². The minimum atomic E-state index is -1.82. The Balaban J connectivity index is 2.89. The second kappa shape index (κ2) is 5.02. The SMILES string of the molecule is CC(C)[Si](O[C@@H](C)C1(O)CC1)(C(C)C)C(C)C. The van der Waals surface area contributed by atoms with E-state index in [2.05, 4.69) is 48.5 Å². The molecule has 1 aliphatic carbocycles. The van der Waals surface area contributed by atoms with Crippen LogP contribution in [0.2, 0.25) is 16.6 Å². The molecule has 0 spiro atoms. The van der Waals surface area contributed by atoms with E-state index in [1.165, 1.54) is 0 Å². The summed E-state index contributed by atoms with van der Waals surface area (Å²) in [6.07, 6.45) is 1.82. The molecule has 0 bridgehead atoms. The molecule has 1 fully saturated rings. The van der Waals surface area contributed by atoms with Gasteiger partial charge in [-0.15, -0.1) is 0 Å². The lowest BCUT2D eigenvalue weighted by Crippen LogP contribution is -2.52. The number of aliphatic hydroxyl groups is 1. The van der Waals surface area contributed by atoms with Gasteiger partial charge in [-0.2, -0.15) is 0 Å². The number of rotatable bonds is 6. The van der Waals surface area contributed by atoms with Crippen LogP contribution in [0, 0.1) is 0 Å². The van der Waals surface area contributed by atoms with Gasteiger partial charge in [-0.1, -0.05) is 41.5 Å². The Labute approximate surface area is 108 Å². The highest BCUT2D eigenvalue weighted by Crippen LogP contribution is 2.47. The smallest absolute Gasteiger partial charge is 0.200 e. The third-order valence-electron chi connectivity index (χ3n) is 4.61. The molecule has 2 nitrogen and oxygen atoms in total. The van der Waals surface area contributed by atoms with Gasteiger partial charge in [-0.25, -0.2) is 0 Å². The van der Waals surface area contributed by atoms with E-state index >= 15 is 0 Å². The van der Waals surface area contributed by atoms with Crippen molar-refractivity contribution in [2.24, 2.45) is 0 Å². The van der Waals surface area contributed by atoms with E-state index < -0.39 is 13.9 Å². The van der Waals surface area contributed by atoms with Crippen LogP contribution in [0.4, 0.5) is 0 Å². The number of hydrogen-bond acceptors (Lipinski definition) is 2. The van der Waals surface area contributed by atoms with E-state index in [4.69, 9.17) is 4.43 Å². The quantitative estimate of drug-likeness (QED) is 0.727. The molecule has 1 aliphatic rings. The molecule has 17 heavy (non-hydrogen) atoms. The van der Waals surface area contributed by atoms with Gasteiger partial charge in [0.15, 0.2) is 0 Å². The first-order valence-electron chi connectivity index (χ1n) is 7.07. The maximum atomic E-state index is 10.2. The second-order valence-corrected chi connectivity index (χ2v) is 12.1. The average molecular weight is 258 g/mol. The Hall–Kier alpha value is 0.137. The molecule has 0 aromatic carbocycles. The van der Waals surface area contributed by atoms with Crippen LogP contribution in [0.1, 0.15) is 61.3 Å². The summed E-state index contributed by atoms with van der Waals surface area (Å²) in [6.45, 7) is 15.8. The zero-order chi connectivity index (χ0) is 13.4. The fourth-order valence-electron chi connectivity index (χ4n) is 3.36.